The van der Waals surface area contributed by atoms with Crippen LogP contribution in [0, 0.1) is 30.3 Å². The average molecular weight is 211 g/mol. The summed E-state index contributed by atoms with van der Waals surface area (Å²) in [5, 5.41) is 30.2. The molecule has 0 aromatic rings. The van der Waals surface area contributed by atoms with E-state index in [-0.39, 0.29) is 10.5 Å². The summed E-state index contributed by atoms with van der Waals surface area (Å²) in [5.41, 5.74) is 0. The van der Waals surface area contributed by atoms with Crippen LogP contribution in [-0.4, -0.2) is 37.6 Å². The van der Waals surface area contributed by atoms with Crippen LogP contribution in [0.15, 0.2) is 0 Å². The molecule has 0 saturated carbocycles. The molecule has 11 heteroatoms. The highest BCUT2D eigenvalue weighted by molar-refractivity contribution is 5.98. The van der Waals surface area contributed by atoms with Crippen molar-refractivity contribution in [3.63, 3.8) is 0 Å². The highest BCUT2D eigenvalue weighted by Gasteiger charge is 2.51. The molecule has 0 aliphatic rings. The van der Waals surface area contributed by atoms with Crippen molar-refractivity contribution in [2.75, 3.05) is 0 Å². The van der Waals surface area contributed by atoms with Crippen LogP contribution in [0.4, 0.5) is 0 Å². The molecule has 0 N–H and O–H groups in total. The molecule has 0 amide bonds. The summed E-state index contributed by atoms with van der Waals surface area (Å²) >= 11 is 0. The molecule has 0 aromatic carbocycles. The molecule has 0 rings (SSSR count). The van der Waals surface area contributed by atoms with E-state index in [4.69, 9.17) is 0 Å². The van der Waals surface area contributed by atoms with Gasteiger partial charge in [-0.3, -0.25) is 30.3 Å². The highest BCUT2D eigenvalue weighted by atomic mass is 28.2. The second kappa shape index (κ2) is 4.41. The van der Waals surface area contributed by atoms with Crippen LogP contribution in [0.3, 0.4) is 0 Å². The normalized spacial score (nSPS) is 12.7. The summed E-state index contributed by atoms with van der Waals surface area (Å²) < 4.78 is 4.15. The minimum atomic E-state index is -2.55. The van der Waals surface area contributed by atoms with E-state index in [9.17, 15) is 30.3 Å². The third-order valence-electron chi connectivity index (χ3n) is 1.14. The van der Waals surface area contributed by atoms with Gasteiger partial charge in [-0.05, 0) is 0 Å². The van der Waals surface area contributed by atoms with Crippen molar-refractivity contribution in [2.24, 2.45) is 0 Å². The van der Waals surface area contributed by atoms with E-state index in [1.807, 2.05) is 0 Å². The standard InChI is InChI=1S/C2H5N3O7Si/c6-3(7)1(4(8)9)2(12-13)5(10)11/h1-2H,13H3. The number of hydrogen-bond donors (Lipinski definition) is 0. The SMILES string of the molecule is O=[N+]([O-])C(O[SiH3])C([N+](=O)[O-])[N+](=O)[O-]. The molecule has 0 radical (unpaired) electrons. The second-order valence-electron chi connectivity index (χ2n) is 1.90. The molecular formula is C2H5N3O7Si. The van der Waals surface area contributed by atoms with Gasteiger partial charge in [0.2, 0.25) is 0 Å². The maximum Gasteiger partial charge on any atom is 0.540 e. The van der Waals surface area contributed by atoms with E-state index >= 15 is 0 Å². The summed E-state index contributed by atoms with van der Waals surface area (Å²) in [6.45, 7) is 0. The first kappa shape index (κ1) is 11.4. The molecule has 0 aliphatic heterocycles. The molecule has 0 heterocycles. The van der Waals surface area contributed by atoms with Gasteiger partial charge in [0.05, 0.1) is 4.92 Å². The van der Waals surface area contributed by atoms with Crippen LogP contribution in [-0.2, 0) is 4.43 Å². The fourth-order valence-corrected chi connectivity index (χ4v) is 1.02. The van der Waals surface area contributed by atoms with Crippen molar-refractivity contribution in [1.82, 2.24) is 0 Å². The molecule has 74 valence electrons. The van der Waals surface area contributed by atoms with E-state index in [1.165, 1.54) is 0 Å². The minimum Gasteiger partial charge on any atom is -0.359 e. The van der Waals surface area contributed by atoms with Gasteiger partial charge in [-0.15, -0.1) is 0 Å². The zero-order chi connectivity index (χ0) is 10.6. The topological polar surface area (TPSA) is 139 Å². The van der Waals surface area contributed by atoms with E-state index < -0.39 is 27.2 Å². The zero-order valence-electron chi connectivity index (χ0n) is 6.35. The minimum absolute atomic E-state index is 0.191. The van der Waals surface area contributed by atoms with Gasteiger partial charge in [-0.2, -0.15) is 0 Å². The third-order valence-corrected chi connectivity index (χ3v) is 1.62. The van der Waals surface area contributed by atoms with Crippen molar-refractivity contribution in [3.8, 4) is 0 Å². The Hall–Kier alpha value is -1.62. The smallest absolute Gasteiger partial charge is 0.359 e. The fourth-order valence-electron chi connectivity index (χ4n) is 0.602. The van der Waals surface area contributed by atoms with Crippen LogP contribution >= 0.6 is 0 Å². The van der Waals surface area contributed by atoms with Gasteiger partial charge in [0, 0.05) is 0 Å². The quantitative estimate of drug-likeness (QED) is 0.217. The summed E-state index contributed by atoms with van der Waals surface area (Å²) in [6, 6.07) is 0. The van der Waals surface area contributed by atoms with Crippen LogP contribution < -0.4 is 0 Å². The first-order valence-electron chi connectivity index (χ1n) is 2.85. The molecule has 0 saturated heterocycles. The summed E-state index contributed by atoms with van der Waals surface area (Å²) in [5.74, 6) is 0. The molecule has 13 heavy (non-hydrogen) atoms. The molecule has 0 spiro atoms. The zero-order valence-corrected chi connectivity index (χ0v) is 8.35. The Bertz CT molecular complexity index is 228. The molecule has 0 fully saturated rings. The lowest BCUT2D eigenvalue weighted by molar-refractivity contribution is -0.796. The number of hydrogen-bond acceptors (Lipinski definition) is 7. The summed E-state index contributed by atoms with van der Waals surface area (Å²) in [4.78, 5) is 26.3. The predicted octanol–water partition coefficient (Wildman–Crippen LogP) is -2.23. The van der Waals surface area contributed by atoms with Gasteiger partial charge in [0.25, 0.3) is 0 Å². The lowest BCUT2D eigenvalue weighted by Gasteiger charge is -2.05. The lowest BCUT2D eigenvalue weighted by atomic mass is 10.5. The average Bonchev–Trinajstić information content (AvgIpc) is 1.97. The summed E-state index contributed by atoms with van der Waals surface area (Å²) in [7, 11) is -0.191. The fraction of sp³-hybridized carbons (Fsp3) is 1.00. The van der Waals surface area contributed by atoms with E-state index in [0.29, 0.717) is 0 Å². The molecule has 0 aromatic heterocycles. The molecule has 0 bridgehead atoms. The van der Waals surface area contributed by atoms with E-state index in [1.54, 1.807) is 0 Å². The van der Waals surface area contributed by atoms with Crippen molar-refractivity contribution < 1.29 is 19.2 Å². The Balaban J connectivity index is 4.80. The van der Waals surface area contributed by atoms with Gasteiger partial charge in [0.15, 0.2) is 10.5 Å². The first-order chi connectivity index (χ1) is 5.91. The van der Waals surface area contributed by atoms with Crippen molar-refractivity contribution in [3.05, 3.63) is 30.3 Å². The predicted molar refractivity (Wildman–Crippen MR) is 39.6 cm³/mol. The lowest BCUT2D eigenvalue weighted by Crippen LogP contribution is -2.46. The van der Waals surface area contributed by atoms with Gasteiger partial charge in [-0.25, -0.2) is 0 Å². The largest absolute Gasteiger partial charge is 0.540 e. The first-order valence-corrected chi connectivity index (χ1v) is 3.66. The molecular weight excluding hydrogens is 206 g/mol. The van der Waals surface area contributed by atoms with Gasteiger partial charge in [-0.1, -0.05) is 0 Å². The maximum atomic E-state index is 10.1. The van der Waals surface area contributed by atoms with Gasteiger partial charge >= 0.3 is 12.4 Å². The maximum absolute atomic E-state index is 10.1. The molecule has 0 aliphatic carbocycles. The number of nitro groups is 3. The summed E-state index contributed by atoms with van der Waals surface area (Å²) in [6.07, 6.45) is -4.76. The van der Waals surface area contributed by atoms with Crippen molar-refractivity contribution >= 4 is 10.5 Å². The second-order valence-corrected chi connectivity index (χ2v) is 2.37. The van der Waals surface area contributed by atoms with Crippen molar-refractivity contribution in [1.29, 1.82) is 0 Å². The van der Waals surface area contributed by atoms with Crippen LogP contribution in [0.1, 0.15) is 0 Å². The third kappa shape index (κ3) is 2.71. The van der Waals surface area contributed by atoms with E-state index in [0.717, 1.165) is 0 Å². The van der Waals surface area contributed by atoms with Gasteiger partial charge in [0.1, 0.15) is 9.85 Å². The Morgan fingerprint density at radius 3 is 1.46 bits per heavy atom. The number of nitrogens with zero attached hydrogens (tertiary/aromatic N) is 3. The number of rotatable bonds is 5. The Morgan fingerprint density at radius 2 is 1.38 bits per heavy atom. The van der Waals surface area contributed by atoms with Crippen LogP contribution in [0.25, 0.3) is 0 Å². The van der Waals surface area contributed by atoms with Gasteiger partial charge < -0.3 is 4.43 Å². The highest BCUT2D eigenvalue weighted by Crippen LogP contribution is 2.03. The Labute approximate surface area is 73.5 Å². The molecule has 1 unspecified atom stereocenters. The molecule has 10 nitrogen and oxygen atoms in total. The Morgan fingerprint density at radius 1 is 1.00 bits per heavy atom. The van der Waals surface area contributed by atoms with Crippen LogP contribution in [0.2, 0.25) is 0 Å². The monoisotopic (exact) mass is 211 g/mol. The van der Waals surface area contributed by atoms with E-state index in [2.05, 4.69) is 4.43 Å². The van der Waals surface area contributed by atoms with Crippen LogP contribution in [0.5, 0.6) is 0 Å². The van der Waals surface area contributed by atoms with Crippen molar-refractivity contribution in [2.45, 2.75) is 12.4 Å². The molecule has 1 atom stereocenters. The Kier molecular flexibility index (Phi) is 3.86.